The smallest absolute Gasteiger partial charge is 0.265 e. The van der Waals surface area contributed by atoms with E-state index in [4.69, 9.17) is 21.1 Å². The molecule has 0 heterocycles. The highest BCUT2D eigenvalue weighted by Crippen LogP contribution is 2.30. The number of rotatable bonds is 10. The first-order valence-corrected chi connectivity index (χ1v) is 11.5. The zero-order valence-corrected chi connectivity index (χ0v) is 19.1. The van der Waals surface area contributed by atoms with Crippen LogP contribution in [0, 0.1) is 0 Å². The highest BCUT2D eigenvalue weighted by molar-refractivity contribution is 7.89. The molecule has 2 rings (SSSR count). The van der Waals surface area contributed by atoms with Gasteiger partial charge in [0.1, 0.15) is 16.4 Å². The first-order valence-electron chi connectivity index (χ1n) is 9.72. The fraction of sp³-hybridized carbons (Fsp3) is 0.381. The zero-order valence-electron chi connectivity index (χ0n) is 17.5. The number of sulfonamides is 1. The van der Waals surface area contributed by atoms with Crippen LogP contribution in [-0.2, 0) is 14.8 Å². The molecule has 1 atom stereocenters. The van der Waals surface area contributed by atoms with E-state index in [2.05, 4.69) is 5.32 Å². The topological polar surface area (TPSA) is 84.9 Å². The van der Waals surface area contributed by atoms with Crippen molar-refractivity contribution >= 4 is 33.2 Å². The molecule has 0 saturated heterocycles. The Bertz CT molecular complexity index is 960. The number of anilines is 1. The van der Waals surface area contributed by atoms with Gasteiger partial charge < -0.3 is 14.8 Å². The molecule has 0 fully saturated rings. The molecule has 9 heteroatoms. The second kappa shape index (κ2) is 10.7. The van der Waals surface area contributed by atoms with Gasteiger partial charge in [-0.1, -0.05) is 25.4 Å². The van der Waals surface area contributed by atoms with Crippen LogP contribution >= 0.6 is 11.6 Å². The lowest BCUT2D eigenvalue weighted by atomic mass is 10.2. The maximum absolute atomic E-state index is 13.0. The molecule has 0 aromatic heterocycles. The molecular formula is C21H27ClN2O5S. The van der Waals surface area contributed by atoms with Crippen molar-refractivity contribution < 1.29 is 22.7 Å². The highest BCUT2D eigenvalue weighted by atomic mass is 35.5. The lowest BCUT2D eigenvalue weighted by Crippen LogP contribution is -2.32. The van der Waals surface area contributed by atoms with Gasteiger partial charge in [0, 0.05) is 23.8 Å². The lowest BCUT2D eigenvalue weighted by molar-refractivity contribution is -0.122. The minimum atomic E-state index is -3.77. The maximum Gasteiger partial charge on any atom is 0.265 e. The van der Waals surface area contributed by atoms with E-state index in [0.717, 1.165) is 0 Å². The Morgan fingerprint density at radius 1 is 1.10 bits per heavy atom. The van der Waals surface area contributed by atoms with Gasteiger partial charge in [-0.3, -0.25) is 4.79 Å². The van der Waals surface area contributed by atoms with Crippen molar-refractivity contribution in [3.8, 4) is 11.5 Å². The van der Waals surface area contributed by atoms with E-state index in [0.29, 0.717) is 36.2 Å². The number of carbonyl (C=O) groups is 1. The van der Waals surface area contributed by atoms with Crippen molar-refractivity contribution in [3.05, 3.63) is 47.5 Å². The summed E-state index contributed by atoms with van der Waals surface area (Å²) < 4.78 is 38.5. The van der Waals surface area contributed by atoms with Crippen molar-refractivity contribution in [3.63, 3.8) is 0 Å². The SMILES string of the molecule is CCOc1ccc(NC(=O)C(C)Oc2ccc(Cl)cc2)cc1S(=O)(=O)N(CC)CC. The maximum atomic E-state index is 13.0. The molecule has 0 radical (unpaired) electrons. The Labute approximate surface area is 183 Å². The van der Waals surface area contributed by atoms with Gasteiger partial charge in [0.2, 0.25) is 10.0 Å². The van der Waals surface area contributed by atoms with Crippen molar-refractivity contribution in [2.45, 2.75) is 38.7 Å². The molecule has 0 aliphatic carbocycles. The van der Waals surface area contributed by atoms with Gasteiger partial charge in [-0.15, -0.1) is 0 Å². The molecule has 1 amide bonds. The van der Waals surface area contributed by atoms with E-state index in [9.17, 15) is 13.2 Å². The molecule has 164 valence electrons. The van der Waals surface area contributed by atoms with Gasteiger partial charge >= 0.3 is 0 Å². The number of halogens is 1. The second-order valence-electron chi connectivity index (χ2n) is 6.39. The van der Waals surface area contributed by atoms with Gasteiger partial charge in [-0.25, -0.2) is 8.42 Å². The number of hydrogen-bond acceptors (Lipinski definition) is 5. The molecule has 30 heavy (non-hydrogen) atoms. The normalized spacial score (nSPS) is 12.5. The summed E-state index contributed by atoms with van der Waals surface area (Å²) in [6, 6.07) is 11.2. The van der Waals surface area contributed by atoms with Crippen LogP contribution in [0.5, 0.6) is 11.5 Å². The third-order valence-corrected chi connectivity index (χ3v) is 6.65. The number of hydrogen-bond donors (Lipinski definition) is 1. The Kier molecular flexibility index (Phi) is 8.52. The van der Waals surface area contributed by atoms with Crippen LogP contribution in [0.3, 0.4) is 0 Å². The van der Waals surface area contributed by atoms with Crippen LogP contribution in [0.25, 0.3) is 0 Å². The average Bonchev–Trinajstić information content (AvgIpc) is 2.71. The van der Waals surface area contributed by atoms with E-state index in [-0.39, 0.29) is 10.6 Å². The van der Waals surface area contributed by atoms with E-state index in [1.54, 1.807) is 64.1 Å². The van der Waals surface area contributed by atoms with Gasteiger partial charge in [0.25, 0.3) is 5.91 Å². The summed E-state index contributed by atoms with van der Waals surface area (Å²) in [6.45, 7) is 7.88. The number of nitrogens with zero attached hydrogens (tertiary/aromatic N) is 1. The first-order chi connectivity index (χ1) is 14.2. The summed E-state index contributed by atoms with van der Waals surface area (Å²) in [5, 5.41) is 3.27. The molecule has 7 nitrogen and oxygen atoms in total. The van der Waals surface area contributed by atoms with Gasteiger partial charge in [0.15, 0.2) is 6.10 Å². The number of amides is 1. The monoisotopic (exact) mass is 454 g/mol. The summed E-state index contributed by atoms with van der Waals surface area (Å²) in [6.07, 6.45) is -0.805. The summed E-state index contributed by atoms with van der Waals surface area (Å²) in [4.78, 5) is 12.6. The molecule has 1 N–H and O–H groups in total. The van der Waals surface area contributed by atoms with Crippen molar-refractivity contribution in [2.75, 3.05) is 25.0 Å². The van der Waals surface area contributed by atoms with Gasteiger partial charge in [-0.05, 0) is 56.3 Å². The Hall–Kier alpha value is -2.29. The molecule has 2 aromatic carbocycles. The van der Waals surface area contributed by atoms with E-state index < -0.39 is 22.0 Å². The number of nitrogens with one attached hydrogen (secondary N) is 1. The van der Waals surface area contributed by atoms with E-state index in [1.165, 1.54) is 10.4 Å². The third-order valence-electron chi connectivity index (χ3n) is 4.33. The predicted octanol–water partition coefficient (Wildman–Crippen LogP) is 4.18. The van der Waals surface area contributed by atoms with Crippen molar-refractivity contribution in [2.24, 2.45) is 0 Å². The van der Waals surface area contributed by atoms with E-state index >= 15 is 0 Å². The predicted molar refractivity (Wildman–Crippen MR) is 118 cm³/mol. The molecule has 0 spiro atoms. The van der Waals surface area contributed by atoms with Gasteiger partial charge in [0.05, 0.1) is 6.61 Å². The summed E-state index contributed by atoms with van der Waals surface area (Å²) in [5.41, 5.74) is 0.334. The summed E-state index contributed by atoms with van der Waals surface area (Å²) in [5.74, 6) is 0.326. The standard InChI is InChI=1S/C21H27ClN2O5S/c1-5-24(6-2)30(26,27)20-14-17(10-13-19(20)28-7-3)23-21(25)15(4)29-18-11-8-16(22)9-12-18/h8-15H,5-7H2,1-4H3,(H,23,25). The van der Waals surface area contributed by atoms with Gasteiger partial charge in [-0.2, -0.15) is 4.31 Å². The molecule has 1 unspecified atom stereocenters. The zero-order chi connectivity index (χ0) is 22.3. The fourth-order valence-electron chi connectivity index (χ4n) is 2.78. The molecule has 0 bridgehead atoms. The molecule has 0 saturated carbocycles. The second-order valence-corrected chi connectivity index (χ2v) is 8.73. The molecule has 0 aliphatic rings. The summed E-state index contributed by atoms with van der Waals surface area (Å²) in [7, 11) is -3.77. The van der Waals surface area contributed by atoms with Crippen molar-refractivity contribution in [1.82, 2.24) is 4.31 Å². The molecule has 2 aromatic rings. The highest BCUT2D eigenvalue weighted by Gasteiger charge is 2.26. The Morgan fingerprint density at radius 2 is 1.73 bits per heavy atom. The minimum absolute atomic E-state index is 0.0112. The van der Waals surface area contributed by atoms with Crippen LogP contribution in [-0.4, -0.2) is 44.4 Å². The third kappa shape index (κ3) is 5.87. The van der Waals surface area contributed by atoms with Crippen LogP contribution in [0.2, 0.25) is 5.02 Å². The van der Waals surface area contributed by atoms with Crippen LogP contribution in [0.4, 0.5) is 5.69 Å². The lowest BCUT2D eigenvalue weighted by Gasteiger charge is -2.21. The van der Waals surface area contributed by atoms with Crippen LogP contribution in [0.1, 0.15) is 27.7 Å². The largest absolute Gasteiger partial charge is 0.492 e. The number of ether oxygens (including phenoxy) is 2. The summed E-state index contributed by atoms with van der Waals surface area (Å²) >= 11 is 5.85. The van der Waals surface area contributed by atoms with E-state index in [1.807, 2.05) is 0 Å². The Morgan fingerprint density at radius 3 is 2.30 bits per heavy atom. The quantitative estimate of drug-likeness (QED) is 0.582. The number of carbonyl (C=O) groups excluding carboxylic acids is 1. The van der Waals surface area contributed by atoms with Crippen LogP contribution < -0.4 is 14.8 Å². The first kappa shape index (κ1) is 24.0. The average molecular weight is 455 g/mol. The Balaban J connectivity index is 2.25. The fourth-order valence-corrected chi connectivity index (χ4v) is 4.52. The minimum Gasteiger partial charge on any atom is -0.492 e. The van der Waals surface area contributed by atoms with Crippen molar-refractivity contribution in [1.29, 1.82) is 0 Å². The van der Waals surface area contributed by atoms with Crippen LogP contribution in [0.15, 0.2) is 47.4 Å². The molecular weight excluding hydrogens is 428 g/mol. The molecule has 0 aliphatic heterocycles. The number of benzene rings is 2.